The molecule has 0 aromatic rings. The molecule has 0 bridgehead atoms. The average Bonchev–Trinajstić information content (AvgIpc) is 2.20. The molecule has 1 fully saturated rings. The minimum Gasteiger partial charge on any atom is -0.390 e. The lowest BCUT2D eigenvalue weighted by Crippen LogP contribution is -2.39. The van der Waals surface area contributed by atoms with Gasteiger partial charge in [-0.3, -0.25) is 4.57 Å². The van der Waals surface area contributed by atoms with Gasteiger partial charge in [0, 0.05) is 6.66 Å². The standard InChI is InChI=1S/C14H29O4P/c1-10(2)9-12-7-6-8-13(15)14(12)18-19(5,16)17-11(3)4/h10-15H,6-9H2,1-5H3. The average molecular weight is 292 g/mol. The molecule has 1 N–H and O–H groups in total. The van der Waals surface area contributed by atoms with E-state index in [4.69, 9.17) is 9.05 Å². The largest absolute Gasteiger partial charge is 0.390 e. The fraction of sp³-hybridized carbons (Fsp3) is 1.00. The topological polar surface area (TPSA) is 55.8 Å². The van der Waals surface area contributed by atoms with Gasteiger partial charge < -0.3 is 14.2 Å². The van der Waals surface area contributed by atoms with Crippen LogP contribution in [0.25, 0.3) is 0 Å². The fourth-order valence-corrected chi connectivity index (χ4v) is 4.44. The van der Waals surface area contributed by atoms with Gasteiger partial charge in [-0.05, 0) is 44.9 Å². The molecule has 4 unspecified atom stereocenters. The highest BCUT2D eigenvalue weighted by Crippen LogP contribution is 2.49. The van der Waals surface area contributed by atoms with E-state index in [0.29, 0.717) is 5.92 Å². The molecule has 0 radical (unpaired) electrons. The summed E-state index contributed by atoms with van der Waals surface area (Å²) in [5, 5.41) is 10.1. The SMILES string of the molecule is CC(C)CC1CCCC(O)C1OP(C)(=O)OC(C)C. The first-order chi connectivity index (χ1) is 8.71. The van der Waals surface area contributed by atoms with Crippen LogP contribution in [0.2, 0.25) is 0 Å². The molecule has 0 aliphatic heterocycles. The Kier molecular flexibility index (Phi) is 6.52. The van der Waals surface area contributed by atoms with Crippen molar-refractivity contribution in [2.45, 2.75) is 71.7 Å². The van der Waals surface area contributed by atoms with Gasteiger partial charge in [0.1, 0.15) is 0 Å². The molecule has 114 valence electrons. The molecule has 0 spiro atoms. The molecular formula is C14H29O4P. The van der Waals surface area contributed by atoms with E-state index in [0.717, 1.165) is 25.7 Å². The number of hydrogen-bond donors (Lipinski definition) is 1. The third-order valence-corrected chi connectivity index (χ3v) is 4.84. The van der Waals surface area contributed by atoms with Crippen LogP contribution < -0.4 is 0 Å². The molecule has 4 atom stereocenters. The smallest absolute Gasteiger partial charge is 0.328 e. The lowest BCUT2D eigenvalue weighted by molar-refractivity contribution is -0.0426. The third kappa shape index (κ3) is 5.95. The van der Waals surface area contributed by atoms with Crippen molar-refractivity contribution in [3.05, 3.63) is 0 Å². The van der Waals surface area contributed by atoms with E-state index in [1.54, 1.807) is 0 Å². The Balaban J connectivity index is 2.71. The zero-order chi connectivity index (χ0) is 14.6. The van der Waals surface area contributed by atoms with Gasteiger partial charge in [0.25, 0.3) is 0 Å². The Morgan fingerprint density at radius 2 is 1.89 bits per heavy atom. The van der Waals surface area contributed by atoms with Crippen LogP contribution in [0.4, 0.5) is 0 Å². The molecule has 1 aliphatic rings. The summed E-state index contributed by atoms with van der Waals surface area (Å²) in [7, 11) is -3.10. The molecule has 5 heteroatoms. The predicted molar refractivity (Wildman–Crippen MR) is 77.4 cm³/mol. The highest BCUT2D eigenvalue weighted by molar-refractivity contribution is 7.53. The van der Waals surface area contributed by atoms with E-state index >= 15 is 0 Å². The summed E-state index contributed by atoms with van der Waals surface area (Å²) in [6.07, 6.45) is 2.73. The third-order valence-electron chi connectivity index (χ3n) is 3.41. The van der Waals surface area contributed by atoms with Crippen LogP contribution in [-0.2, 0) is 13.6 Å². The first kappa shape index (κ1) is 17.2. The minimum absolute atomic E-state index is 0.139. The monoisotopic (exact) mass is 292 g/mol. The van der Waals surface area contributed by atoms with Crippen molar-refractivity contribution in [1.82, 2.24) is 0 Å². The summed E-state index contributed by atoms with van der Waals surface area (Å²) in [5.74, 6) is 0.816. The van der Waals surface area contributed by atoms with Gasteiger partial charge in [0.2, 0.25) is 0 Å². The van der Waals surface area contributed by atoms with Crippen molar-refractivity contribution in [2.24, 2.45) is 11.8 Å². The quantitative estimate of drug-likeness (QED) is 0.756. The Morgan fingerprint density at radius 3 is 2.42 bits per heavy atom. The van der Waals surface area contributed by atoms with Gasteiger partial charge in [0.05, 0.1) is 18.3 Å². The Bertz CT molecular complexity index is 317. The lowest BCUT2D eigenvalue weighted by Gasteiger charge is -2.37. The van der Waals surface area contributed by atoms with Gasteiger partial charge >= 0.3 is 7.60 Å². The first-order valence-electron chi connectivity index (χ1n) is 7.33. The van der Waals surface area contributed by atoms with E-state index in [1.165, 1.54) is 6.66 Å². The molecular weight excluding hydrogens is 263 g/mol. The lowest BCUT2D eigenvalue weighted by atomic mass is 9.80. The van der Waals surface area contributed by atoms with E-state index in [9.17, 15) is 9.67 Å². The van der Waals surface area contributed by atoms with Gasteiger partial charge in [0.15, 0.2) is 0 Å². The zero-order valence-corrected chi connectivity index (χ0v) is 13.7. The van der Waals surface area contributed by atoms with Crippen molar-refractivity contribution in [3.63, 3.8) is 0 Å². The number of aliphatic hydroxyl groups is 1. The first-order valence-corrected chi connectivity index (χ1v) is 9.32. The van der Waals surface area contributed by atoms with Crippen LogP contribution >= 0.6 is 7.60 Å². The van der Waals surface area contributed by atoms with Crippen molar-refractivity contribution in [3.8, 4) is 0 Å². The maximum Gasteiger partial charge on any atom is 0.328 e. The predicted octanol–water partition coefficient (Wildman–Crippen LogP) is 3.83. The summed E-state index contributed by atoms with van der Waals surface area (Å²) in [5.41, 5.74) is 0. The highest BCUT2D eigenvalue weighted by atomic mass is 31.2. The van der Waals surface area contributed by atoms with Gasteiger partial charge in [-0.25, -0.2) is 0 Å². The zero-order valence-electron chi connectivity index (χ0n) is 12.8. The number of hydrogen-bond acceptors (Lipinski definition) is 4. The molecule has 1 saturated carbocycles. The second-order valence-electron chi connectivity index (χ2n) is 6.38. The van der Waals surface area contributed by atoms with E-state index in [2.05, 4.69) is 13.8 Å². The summed E-state index contributed by atoms with van der Waals surface area (Å²) in [6.45, 7) is 9.49. The second-order valence-corrected chi connectivity index (χ2v) is 8.35. The maximum absolute atomic E-state index is 12.3. The van der Waals surface area contributed by atoms with Crippen molar-refractivity contribution in [1.29, 1.82) is 0 Å². The van der Waals surface area contributed by atoms with Crippen LogP contribution in [0, 0.1) is 11.8 Å². The molecule has 0 heterocycles. The molecule has 1 aliphatic carbocycles. The maximum atomic E-state index is 12.3. The van der Waals surface area contributed by atoms with Crippen molar-refractivity contribution in [2.75, 3.05) is 6.66 Å². The van der Waals surface area contributed by atoms with Gasteiger partial charge in [-0.1, -0.05) is 20.3 Å². The molecule has 0 amide bonds. The normalized spacial score (nSPS) is 31.7. The van der Waals surface area contributed by atoms with Crippen LogP contribution in [0.1, 0.15) is 53.4 Å². The van der Waals surface area contributed by atoms with Crippen molar-refractivity contribution < 1.29 is 18.7 Å². The van der Waals surface area contributed by atoms with E-state index < -0.39 is 13.7 Å². The molecule has 0 saturated heterocycles. The summed E-state index contributed by atoms with van der Waals surface area (Å²) >= 11 is 0. The van der Waals surface area contributed by atoms with Gasteiger partial charge in [-0.15, -0.1) is 0 Å². The van der Waals surface area contributed by atoms with Crippen LogP contribution in [0.5, 0.6) is 0 Å². The minimum atomic E-state index is -3.10. The molecule has 1 rings (SSSR count). The Labute approximate surface area is 117 Å². The summed E-state index contributed by atoms with van der Waals surface area (Å²) in [4.78, 5) is 0. The Morgan fingerprint density at radius 1 is 1.26 bits per heavy atom. The fourth-order valence-electron chi connectivity index (χ4n) is 2.87. The van der Waals surface area contributed by atoms with Gasteiger partial charge in [-0.2, -0.15) is 0 Å². The van der Waals surface area contributed by atoms with E-state index in [1.807, 2.05) is 13.8 Å². The van der Waals surface area contributed by atoms with Crippen molar-refractivity contribution >= 4 is 7.60 Å². The summed E-state index contributed by atoms with van der Waals surface area (Å²) in [6, 6.07) is 0. The van der Waals surface area contributed by atoms with E-state index in [-0.39, 0.29) is 18.1 Å². The summed E-state index contributed by atoms with van der Waals surface area (Å²) < 4.78 is 23.4. The van der Waals surface area contributed by atoms with Crippen LogP contribution in [0.15, 0.2) is 0 Å². The number of aliphatic hydroxyl groups excluding tert-OH is 1. The molecule has 19 heavy (non-hydrogen) atoms. The second kappa shape index (κ2) is 7.21. The number of rotatable bonds is 6. The Hall–Kier alpha value is 0.110. The molecule has 0 aromatic heterocycles. The van der Waals surface area contributed by atoms with Crippen LogP contribution in [-0.4, -0.2) is 30.1 Å². The molecule has 4 nitrogen and oxygen atoms in total. The highest BCUT2D eigenvalue weighted by Gasteiger charge is 2.37. The van der Waals surface area contributed by atoms with Crippen LogP contribution in [0.3, 0.4) is 0 Å². The molecule has 0 aromatic carbocycles.